The first kappa shape index (κ1) is 18.8. The average Bonchev–Trinajstić information content (AvgIpc) is 2.88. The SMILES string of the molecule is CC1SCCC1Nc1cccc(OCCNC(=O)OC(C)(C)C)c1. The highest BCUT2D eigenvalue weighted by molar-refractivity contribution is 8.00. The monoisotopic (exact) mass is 352 g/mol. The normalized spacial score (nSPS) is 20.5. The summed E-state index contributed by atoms with van der Waals surface area (Å²) in [5, 5.41) is 6.89. The summed E-state index contributed by atoms with van der Waals surface area (Å²) >= 11 is 2.01. The summed E-state index contributed by atoms with van der Waals surface area (Å²) in [7, 11) is 0. The lowest BCUT2D eigenvalue weighted by molar-refractivity contribution is 0.0520. The van der Waals surface area contributed by atoms with Gasteiger partial charge < -0.3 is 20.1 Å². The predicted molar refractivity (Wildman–Crippen MR) is 100 cm³/mol. The minimum absolute atomic E-state index is 0.401. The van der Waals surface area contributed by atoms with Crippen LogP contribution in [0.15, 0.2) is 24.3 Å². The number of hydrogen-bond acceptors (Lipinski definition) is 5. The van der Waals surface area contributed by atoms with Gasteiger partial charge in [0.2, 0.25) is 0 Å². The van der Waals surface area contributed by atoms with Crippen LogP contribution in [0.5, 0.6) is 5.75 Å². The zero-order valence-electron chi connectivity index (χ0n) is 14.9. The van der Waals surface area contributed by atoms with E-state index in [-0.39, 0.29) is 0 Å². The van der Waals surface area contributed by atoms with Crippen LogP contribution in [0.2, 0.25) is 0 Å². The molecular formula is C18H28N2O3S. The van der Waals surface area contributed by atoms with Gasteiger partial charge in [0.05, 0.1) is 6.54 Å². The van der Waals surface area contributed by atoms with Gasteiger partial charge in [0, 0.05) is 23.0 Å². The molecule has 1 amide bonds. The summed E-state index contributed by atoms with van der Waals surface area (Å²) in [4.78, 5) is 11.5. The van der Waals surface area contributed by atoms with Crippen LogP contribution in [0.3, 0.4) is 0 Å². The van der Waals surface area contributed by atoms with Crippen LogP contribution in [0.1, 0.15) is 34.1 Å². The van der Waals surface area contributed by atoms with Crippen molar-refractivity contribution in [3.8, 4) is 5.75 Å². The van der Waals surface area contributed by atoms with E-state index in [1.807, 2.05) is 50.7 Å². The topological polar surface area (TPSA) is 59.6 Å². The van der Waals surface area contributed by atoms with Gasteiger partial charge >= 0.3 is 6.09 Å². The van der Waals surface area contributed by atoms with Gasteiger partial charge in [-0.2, -0.15) is 11.8 Å². The highest BCUT2D eigenvalue weighted by Gasteiger charge is 2.23. The molecule has 2 N–H and O–H groups in total. The lowest BCUT2D eigenvalue weighted by Crippen LogP contribution is -2.34. The van der Waals surface area contributed by atoms with Crippen molar-refractivity contribution in [1.82, 2.24) is 5.32 Å². The van der Waals surface area contributed by atoms with Crippen LogP contribution in [-0.4, -0.2) is 41.9 Å². The Morgan fingerprint density at radius 2 is 2.17 bits per heavy atom. The third-order valence-corrected chi connectivity index (χ3v) is 4.93. The molecule has 1 fully saturated rings. The summed E-state index contributed by atoms with van der Waals surface area (Å²) in [6.45, 7) is 8.58. The van der Waals surface area contributed by atoms with E-state index in [1.54, 1.807) is 0 Å². The molecule has 1 aromatic rings. The zero-order valence-corrected chi connectivity index (χ0v) is 15.7. The largest absolute Gasteiger partial charge is 0.492 e. The first-order valence-electron chi connectivity index (χ1n) is 8.41. The third-order valence-electron chi connectivity index (χ3n) is 3.60. The smallest absolute Gasteiger partial charge is 0.407 e. The summed E-state index contributed by atoms with van der Waals surface area (Å²) < 4.78 is 10.9. The maximum Gasteiger partial charge on any atom is 0.407 e. The Balaban J connectivity index is 1.73. The second-order valence-corrected chi connectivity index (χ2v) is 8.41. The molecule has 0 aliphatic carbocycles. The van der Waals surface area contributed by atoms with Crippen LogP contribution in [0, 0.1) is 0 Å². The van der Waals surface area contributed by atoms with Crippen molar-refractivity contribution in [2.75, 3.05) is 24.2 Å². The summed E-state index contributed by atoms with van der Waals surface area (Å²) in [5.74, 6) is 2.01. The standard InChI is InChI=1S/C18H28N2O3S/c1-13-16(8-11-24-13)20-14-6-5-7-15(12-14)22-10-9-19-17(21)23-18(2,3)4/h5-7,12-13,16,20H,8-11H2,1-4H3,(H,19,21). The Kier molecular flexibility index (Phi) is 6.66. The van der Waals surface area contributed by atoms with Crippen molar-refractivity contribution in [3.05, 3.63) is 24.3 Å². The fraction of sp³-hybridized carbons (Fsp3) is 0.611. The van der Waals surface area contributed by atoms with Crippen molar-refractivity contribution < 1.29 is 14.3 Å². The number of thioether (sulfide) groups is 1. The van der Waals surface area contributed by atoms with Gasteiger partial charge in [0.15, 0.2) is 0 Å². The van der Waals surface area contributed by atoms with Crippen LogP contribution < -0.4 is 15.4 Å². The number of ether oxygens (including phenoxy) is 2. The number of amides is 1. The van der Waals surface area contributed by atoms with Crippen molar-refractivity contribution >= 4 is 23.5 Å². The molecule has 1 saturated heterocycles. The zero-order chi connectivity index (χ0) is 17.6. The number of carbonyl (C=O) groups excluding carboxylic acids is 1. The molecule has 2 atom stereocenters. The molecule has 1 heterocycles. The third kappa shape index (κ3) is 6.51. The molecule has 1 aliphatic rings. The van der Waals surface area contributed by atoms with Crippen molar-refractivity contribution in [2.24, 2.45) is 0 Å². The van der Waals surface area contributed by atoms with Gasteiger partial charge in [-0.25, -0.2) is 4.79 Å². The first-order valence-corrected chi connectivity index (χ1v) is 9.46. The second-order valence-electron chi connectivity index (χ2n) is 6.92. The Hall–Kier alpha value is -1.56. The molecule has 134 valence electrons. The number of benzene rings is 1. The van der Waals surface area contributed by atoms with Crippen LogP contribution >= 0.6 is 11.8 Å². The second kappa shape index (κ2) is 8.51. The quantitative estimate of drug-likeness (QED) is 0.761. The maximum atomic E-state index is 11.5. The number of alkyl carbamates (subject to hydrolysis) is 1. The lowest BCUT2D eigenvalue weighted by Gasteiger charge is -2.20. The number of hydrogen-bond donors (Lipinski definition) is 2. The minimum atomic E-state index is -0.486. The Labute approximate surface area is 148 Å². The van der Waals surface area contributed by atoms with Crippen LogP contribution in [0.25, 0.3) is 0 Å². The molecule has 5 nitrogen and oxygen atoms in total. The number of nitrogens with one attached hydrogen (secondary N) is 2. The number of rotatable bonds is 6. The van der Waals surface area contributed by atoms with Gasteiger partial charge in [0.1, 0.15) is 18.0 Å². The molecule has 6 heteroatoms. The van der Waals surface area contributed by atoms with Crippen molar-refractivity contribution in [3.63, 3.8) is 0 Å². The summed E-state index contributed by atoms with van der Waals surface area (Å²) in [6, 6.07) is 8.47. The van der Waals surface area contributed by atoms with E-state index >= 15 is 0 Å². The van der Waals surface area contributed by atoms with Crippen LogP contribution in [0.4, 0.5) is 10.5 Å². The van der Waals surface area contributed by atoms with Gasteiger partial charge in [-0.15, -0.1) is 0 Å². The van der Waals surface area contributed by atoms with Gasteiger partial charge in [0.25, 0.3) is 0 Å². The average molecular weight is 353 g/mol. The molecule has 2 unspecified atom stereocenters. The van der Waals surface area contributed by atoms with Crippen LogP contribution in [-0.2, 0) is 4.74 Å². The van der Waals surface area contributed by atoms with E-state index in [0.717, 1.165) is 11.4 Å². The fourth-order valence-electron chi connectivity index (χ4n) is 2.45. The van der Waals surface area contributed by atoms with E-state index in [0.29, 0.717) is 24.4 Å². The van der Waals surface area contributed by atoms with Crippen molar-refractivity contribution in [2.45, 2.75) is 51.0 Å². The Morgan fingerprint density at radius 1 is 1.38 bits per heavy atom. The van der Waals surface area contributed by atoms with Gasteiger partial charge in [-0.3, -0.25) is 0 Å². The van der Waals surface area contributed by atoms with Gasteiger partial charge in [-0.05, 0) is 45.1 Å². The number of carbonyl (C=O) groups is 1. The highest BCUT2D eigenvalue weighted by atomic mass is 32.2. The Morgan fingerprint density at radius 3 is 2.83 bits per heavy atom. The molecule has 0 saturated carbocycles. The molecule has 2 rings (SSSR count). The van der Waals surface area contributed by atoms with E-state index in [9.17, 15) is 4.79 Å². The lowest BCUT2D eigenvalue weighted by atomic mass is 10.1. The van der Waals surface area contributed by atoms with E-state index in [4.69, 9.17) is 9.47 Å². The molecule has 24 heavy (non-hydrogen) atoms. The minimum Gasteiger partial charge on any atom is -0.492 e. The van der Waals surface area contributed by atoms with E-state index in [1.165, 1.54) is 12.2 Å². The van der Waals surface area contributed by atoms with Crippen molar-refractivity contribution in [1.29, 1.82) is 0 Å². The number of anilines is 1. The van der Waals surface area contributed by atoms with E-state index < -0.39 is 11.7 Å². The van der Waals surface area contributed by atoms with E-state index in [2.05, 4.69) is 23.6 Å². The van der Waals surface area contributed by atoms with Gasteiger partial charge in [-0.1, -0.05) is 13.0 Å². The molecule has 0 spiro atoms. The molecule has 1 aliphatic heterocycles. The molecule has 0 radical (unpaired) electrons. The molecule has 0 bridgehead atoms. The first-order chi connectivity index (χ1) is 11.3. The molecule has 1 aromatic carbocycles. The summed E-state index contributed by atoms with van der Waals surface area (Å²) in [6.07, 6.45) is 0.769. The molecule has 0 aromatic heterocycles. The Bertz CT molecular complexity index is 545. The fourth-order valence-corrected chi connectivity index (χ4v) is 3.65. The summed E-state index contributed by atoms with van der Waals surface area (Å²) in [5.41, 5.74) is 0.590. The molecular weight excluding hydrogens is 324 g/mol. The highest BCUT2D eigenvalue weighted by Crippen LogP contribution is 2.29. The predicted octanol–water partition coefficient (Wildman–Crippen LogP) is 3.90. The maximum absolute atomic E-state index is 11.5.